The van der Waals surface area contributed by atoms with Gasteiger partial charge in [0.2, 0.25) is 11.9 Å². The van der Waals surface area contributed by atoms with Crippen molar-refractivity contribution in [2.45, 2.75) is 63.0 Å². The molecule has 56 heavy (non-hydrogen) atoms. The zero-order chi connectivity index (χ0) is 38.2. The summed E-state index contributed by atoms with van der Waals surface area (Å²) in [7, 11) is 0. The van der Waals surface area contributed by atoms with E-state index in [0.717, 1.165) is 44.6 Å². The summed E-state index contributed by atoms with van der Waals surface area (Å²) in [5.74, 6) is 3.33. The molecule has 0 spiro atoms. The Morgan fingerprint density at radius 3 is 1.46 bits per heavy atom. The van der Waals surface area contributed by atoms with Gasteiger partial charge in [-0.25, -0.2) is 28.7 Å². The van der Waals surface area contributed by atoms with Crippen molar-refractivity contribution in [2.24, 2.45) is 0 Å². The average Bonchev–Trinajstić information content (AvgIpc) is 3.68. The number of aromatic amines is 4. The van der Waals surface area contributed by atoms with Crippen LogP contribution in [0, 0.1) is 0 Å². The maximum Gasteiger partial charge on any atom is 0.225 e. The van der Waals surface area contributed by atoms with Gasteiger partial charge in [-0.1, -0.05) is 12.1 Å². The van der Waals surface area contributed by atoms with Gasteiger partial charge in [-0.15, -0.1) is 0 Å². The number of anilines is 6. The summed E-state index contributed by atoms with van der Waals surface area (Å²) in [6.07, 6.45) is 6.32. The molecule has 6 aromatic heterocycles. The van der Waals surface area contributed by atoms with Gasteiger partial charge < -0.3 is 31.2 Å². The van der Waals surface area contributed by atoms with E-state index in [4.69, 9.17) is 0 Å². The van der Waals surface area contributed by atoms with Crippen LogP contribution in [0.4, 0.5) is 43.9 Å². The number of aromatic nitrogens is 12. The van der Waals surface area contributed by atoms with Crippen molar-refractivity contribution in [1.29, 1.82) is 0 Å². The molecule has 0 unspecified atom stereocenters. The van der Waals surface area contributed by atoms with Crippen molar-refractivity contribution in [3.8, 4) is 0 Å². The van der Waals surface area contributed by atoms with Crippen LogP contribution in [0.25, 0.3) is 22.1 Å². The number of hydrogen-bond acceptors (Lipinski definition) is 12. The molecular weight excluding hydrogens is 719 g/mol. The van der Waals surface area contributed by atoms with Crippen molar-refractivity contribution in [1.82, 2.24) is 60.3 Å². The summed E-state index contributed by atoms with van der Waals surface area (Å²) in [5, 5.41) is 27.0. The van der Waals surface area contributed by atoms with Gasteiger partial charge in [0, 0.05) is 47.8 Å². The highest BCUT2D eigenvalue weighted by Gasteiger charge is 2.41. The molecule has 2 aliphatic rings. The molecule has 0 amide bonds. The summed E-state index contributed by atoms with van der Waals surface area (Å²) < 4.78 is 26.4. The molecule has 18 heteroatoms. The van der Waals surface area contributed by atoms with Gasteiger partial charge in [0.1, 0.15) is 24.0 Å². The lowest BCUT2D eigenvalue weighted by atomic mass is 10.1. The Morgan fingerprint density at radius 1 is 0.589 bits per heavy atom. The molecule has 2 aromatic carbocycles. The first-order valence-corrected chi connectivity index (χ1v) is 18.3. The fourth-order valence-corrected chi connectivity index (χ4v) is 6.41. The molecule has 284 valence electrons. The zero-order valence-electron chi connectivity index (χ0n) is 30.3. The van der Waals surface area contributed by atoms with Gasteiger partial charge in [-0.3, -0.25) is 10.2 Å². The third kappa shape index (κ3) is 7.80. The number of halogens is 2. The molecule has 0 bridgehead atoms. The highest BCUT2D eigenvalue weighted by Crippen LogP contribution is 2.44. The molecule has 8 aromatic rings. The van der Waals surface area contributed by atoms with E-state index in [1.165, 1.54) is 0 Å². The van der Waals surface area contributed by atoms with Gasteiger partial charge in [0.15, 0.2) is 11.6 Å². The molecule has 0 saturated heterocycles. The average molecular weight is 757 g/mol. The highest BCUT2D eigenvalue weighted by atomic mass is 19.1. The van der Waals surface area contributed by atoms with Gasteiger partial charge in [0.25, 0.3) is 0 Å². The van der Waals surface area contributed by atoms with Crippen molar-refractivity contribution in [3.63, 3.8) is 0 Å². The van der Waals surface area contributed by atoms with Crippen LogP contribution in [0.3, 0.4) is 0 Å². The largest absolute Gasteiger partial charge is 0.348 e. The minimum absolute atomic E-state index is 0.0105. The minimum atomic E-state index is -0.759. The molecule has 0 aliphatic heterocycles. The van der Waals surface area contributed by atoms with Crippen molar-refractivity contribution >= 4 is 57.2 Å². The Bertz CT molecular complexity index is 2420. The minimum Gasteiger partial charge on any atom is -0.348 e. The predicted octanol–water partition coefficient (Wildman–Crippen LogP) is 7.64. The van der Waals surface area contributed by atoms with Crippen molar-refractivity contribution in [2.75, 3.05) is 21.3 Å². The van der Waals surface area contributed by atoms with Crippen LogP contribution in [0.5, 0.6) is 0 Å². The number of alkyl halides is 2. The maximum absolute atomic E-state index is 13.2. The van der Waals surface area contributed by atoms with E-state index in [9.17, 15) is 8.78 Å². The van der Waals surface area contributed by atoms with E-state index < -0.39 is 12.3 Å². The Balaban J connectivity index is 0.000000146. The zero-order valence-corrected chi connectivity index (χ0v) is 30.3. The van der Waals surface area contributed by atoms with E-state index in [1.807, 2.05) is 50.2 Å². The predicted molar refractivity (Wildman–Crippen MR) is 209 cm³/mol. The number of hydrogen-bond donors (Lipinski definition) is 8. The van der Waals surface area contributed by atoms with Gasteiger partial charge in [-0.05, 0) is 74.2 Å². The number of imidazole rings is 2. The Morgan fingerprint density at radius 2 is 1.04 bits per heavy atom. The van der Waals surface area contributed by atoms with Crippen LogP contribution in [0.15, 0.2) is 85.7 Å². The molecule has 2 saturated carbocycles. The summed E-state index contributed by atoms with van der Waals surface area (Å²) in [6.45, 7) is 4.09. The lowest BCUT2D eigenvalue weighted by molar-refractivity contribution is 0.466. The lowest BCUT2D eigenvalue weighted by Crippen LogP contribution is -2.10. The van der Waals surface area contributed by atoms with Gasteiger partial charge in [-0.2, -0.15) is 20.2 Å². The number of nitrogens with zero attached hydrogens (tertiary/aromatic N) is 8. The third-order valence-electron chi connectivity index (χ3n) is 9.82. The topological polar surface area (TPSA) is 214 Å². The van der Waals surface area contributed by atoms with E-state index >= 15 is 0 Å². The maximum atomic E-state index is 13.2. The number of benzene rings is 2. The summed E-state index contributed by atoms with van der Waals surface area (Å²) >= 11 is 0. The van der Waals surface area contributed by atoms with Crippen LogP contribution in [0.1, 0.15) is 73.1 Å². The van der Waals surface area contributed by atoms with Crippen LogP contribution in [-0.2, 0) is 0 Å². The quantitative estimate of drug-likeness (QED) is 0.0604. The van der Waals surface area contributed by atoms with Crippen LogP contribution >= 0.6 is 0 Å². The molecule has 2 aliphatic carbocycles. The Kier molecular flexibility index (Phi) is 9.12. The fourth-order valence-electron chi connectivity index (χ4n) is 6.41. The molecule has 16 nitrogen and oxygen atoms in total. The van der Waals surface area contributed by atoms with Gasteiger partial charge >= 0.3 is 0 Å². The first-order chi connectivity index (χ1) is 27.3. The fraction of sp³-hybridized carbons (Fsp3) is 0.263. The SMILES string of the molecule is C[C@H](Nc1nccc(Nc2cc([C@@H]3C[C@@H]3F)[nH]n2)n1)c1ccc2nc[nH]c2c1.C[C@H](Nc1nccc(Nc2cc([C@H]3C[C@H]3F)[nH]n2)n1)c1ccc2nc[nH]c2c1. The van der Waals surface area contributed by atoms with Crippen LogP contribution in [-0.4, -0.2) is 72.6 Å². The summed E-state index contributed by atoms with van der Waals surface area (Å²) in [6, 6.07) is 19.3. The second-order valence-corrected chi connectivity index (χ2v) is 14.0. The molecule has 6 atom stereocenters. The number of fused-ring (bicyclic) bond motifs is 2. The Labute approximate surface area is 318 Å². The van der Waals surface area contributed by atoms with E-state index in [-0.39, 0.29) is 23.9 Å². The van der Waals surface area contributed by atoms with Crippen LogP contribution in [0.2, 0.25) is 0 Å². The van der Waals surface area contributed by atoms with E-state index in [0.29, 0.717) is 48.0 Å². The number of H-pyrrole nitrogens is 4. The smallest absolute Gasteiger partial charge is 0.225 e. The lowest BCUT2D eigenvalue weighted by Gasteiger charge is -2.14. The van der Waals surface area contributed by atoms with Crippen molar-refractivity contribution < 1.29 is 8.78 Å². The molecule has 10 rings (SSSR count). The molecule has 6 heterocycles. The van der Waals surface area contributed by atoms with E-state index in [2.05, 4.69) is 93.7 Å². The second kappa shape index (κ2) is 14.7. The third-order valence-corrected chi connectivity index (χ3v) is 9.82. The van der Waals surface area contributed by atoms with E-state index in [1.54, 1.807) is 37.2 Å². The van der Waals surface area contributed by atoms with Gasteiger partial charge in [0.05, 0.1) is 46.8 Å². The first kappa shape index (κ1) is 34.8. The first-order valence-electron chi connectivity index (χ1n) is 18.3. The van der Waals surface area contributed by atoms with Crippen molar-refractivity contribution in [3.05, 3.63) is 108 Å². The normalized spacial score (nSPS) is 19.5. The van der Waals surface area contributed by atoms with Crippen LogP contribution < -0.4 is 21.3 Å². The number of rotatable bonds is 12. The Hall–Kier alpha value is -6.98. The monoisotopic (exact) mass is 756 g/mol. The highest BCUT2D eigenvalue weighted by molar-refractivity contribution is 5.76. The summed E-state index contributed by atoms with van der Waals surface area (Å²) in [4.78, 5) is 32.3. The second-order valence-electron chi connectivity index (χ2n) is 14.0. The molecule has 0 radical (unpaired) electrons. The number of nitrogens with one attached hydrogen (secondary N) is 8. The molecular formula is C38H38F2N16. The molecule has 2 fully saturated rings. The molecule has 8 N–H and O–H groups in total. The summed E-state index contributed by atoms with van der Waals surface area (Å²) in [5.41, 5.74) is 7.66. The standard InChI is InChI=1S/2C19H19FN8/c2*1-10(11-2-3-14-16(6-11)23-9-22-14)24-19-21-5-4-17(26-19)25-18-8-15(27-28-18)12-7-13(12)20/h2*2-6,8-10,12-13H,7H2,1H3,(H,22,23)(H3,21,24,25,26,27,28)/t10-,12+,13-;10-,12-,13+/m00/s1.